The zero-order valence-electron chi connectivity index (χ0n) is 8.07. The maximum Gasteiger partial charge on any atom is 0.220 e. The second kappa shape index (κ2) is 5.00. The fourth-order valence-electron chi connectivity index (χ4n) is 1.34. The molecule has 1 saturated carbocycles. The van der Waals surface area contributed by atoms with Gasteiger partial charge in [0.1, 0.15) is 0 Å². The first kappa shape index (κ1) is 11.8. The number of carbonyl (C=O) groups is 1. The van der Waals surface area contributed by atoms with Gasteiger partial charge in [0.05, 0.1) is 19.3 Å². The van der Waals surface area contributed by atoms with Gasteiger partial charge in [-0.2, -0.15) is 12.6 Å². The van der Waals surface area contributed by atoms with Gasteiger partial charge in [0, 0.05) is 6.42 Å². The largest absolute Gasteiger partial charge is 0.394 e. The van der Waals surface area contributed by atoms with Gasteiger partial charge in [-0.05, 0) is 24.0 Å². The van der Waals surface area contributed by atoms with E-state index in [1.54, 1.807) is 0 Å². The van der Waals surface area contributed by atoms with Gasteiger partial charge in [0.25, 0.3) is 0 Å². The smallest absolute Gasteiger partial charge is 0.220 e. The van der Waals surface area contributed by atoms with Crippen LogP contribution in [0.1, 0.15) is 19.3 Å². The summed E-state index contributed by atoms with van der Waals surface area (Å²) >= 11 is 4.20. The highest BCUT2D eigenvalue weighted by Gasteiger charge is 2.42. The Morgan fingerprint density at radius 1 is 1.43 bits per heavy atom. The van der Waals surface area contributed by atoms with E-state index in [4.69, 9.17) is 10.2 Å². The Morgan fingerprint density at radius 2 is 2.00 bits per heavy atom. The SMILES string of the molecule is O=C(CC1(CS)CC1)NC(CO)CO. The standard InChI is InChI=1S/C9H17NO3S/c11-4-7(5-12)10-8(13)3-9(6-14)1-2-9/h7,11-12,14H,1-6H2,(H,10,13). The highest BCUT2D eigenvalue weighted by Crippen LogP contribution is 2.49. The molecular weight excluding hydrogens is 202 g/mol. The number of amides is 1. The number of rotatable bonds is 6. The molecule has 0 unspecified atom stereocenters. The van der Waals surface area contributed by atoms with Crippen LogP contribution in [0.2, 0.25) is 0 Å². The first-order chi connectivity index (χ1) is 6.65. The number of hydrogen-bond donors (Lipinski definition) is 4. The van der Waals surface area contributed by atoms with E-state index in [0.29, 0.717) is 6.42 Å². The molecule has 0 atom stereocenters. The van der Waals surface area contributed by atoms with E-state index in [-0.39, 0.29) is 24.5 Å². The first-order valence-corrected chi connectivity index (χ1v) is 5.41. The third kappa shape index (κ3) is 3.15. The van der Waals surface area contributed by atoms with Crippen molar-refractivity contribution in [2.24, 2.45) is 5.41 Å². The monoisotopic (exact) mass is 219 g/mol. The Kier molecular flexibility index (Phi) is 4.22. The van der Waals surface area contributed by atoms with Crippen LogP contribution in [0.3, 0.4) is 0 Å². The van der Waals surface area contributed by atoms with Crippen molar-refractivity contribution in [3.63, 3.8) is 0 Å². The van der Waals surface area contributed by atoms with Crippen LogP contribution >= 0.6 is 12.6 Å². The topological polar surface area (TPSA) is 69.6 Å². The highest BCUT2D eigenvalue weighted by atomic mass is 32.1. The molecule has 0 saturated heterocycles. The van der Waals surface area contributed by atoms with Crippen molar-refractivity contribution in [3.8, 4) is 0 Å². The third-order valence-corrected chi connectivity index (χ3v) is 3.30. The summed E-state index contributed by atoms with van der Waals surface area (Å²) in [6.45, 7) is -0.452. The van der Waals surface area contributed by atoms with Crippen LogP contribution in [0.4, 0.5) is 0 Å². The highest BCUT2D eigenvalue weighted by molar-refractivity contribution is 7.80. The quantitative estimate of drug-likeness (QED) is 0.458. The van der Waals surface area contributed by atoms with Crippen LogP contribution in [0.5, 0.6) is 0 Å². The van der Waals surface area contributed by atoms with Crippen molar-refractivity contribution >= 4 is 18.5 Å². The average Bonchev–Trinajstić information content (AvgIpc) is 2.95. The number of aliphatic hydroxyl groups excluding tert-OH is 2. The molecule has 0 aromatic heterocycles. The van der Waals surface area contributed by atoms with Crippen molar-refractivity contribution in [1.29, 1.82) is 0 Å². The molecule has 0 heterocycles. The van der Waals surface area contributed by atoms with Gasteiger partial charge in [0.2, 0.25) is 5.91 Å². The molecule has 1 amide bonds. The first-order valence-electron chi connectivity index (χ1n) is 4.78. The molecule has 82 valence electrons. The van der Waals surface area contributed by atoms with Crippen LogP contribution < -0.4 is 5.32 Å². The van der Waals surface area contributed by atoms with Crippen molar-refractivity contribution in [1.82, 2.24) is 5.32 Å². The summed E-state index contributed by atoms with van der Waals surface area (Å²) in [5, 5.41) is 20.1. The molecule has 14 heavy (non-hydrogen) atoms. The second-order valence-electron chi connectivity index (χ2n) is 3.96. The van der Waals surface area contributed by atoms with E-state index in [9.17, 15) is 4.79 Å². The number of nitrogens with one attached hydrogen (secondary N) is 1. The Hall–Kier alpha value is -0.260. The zero-order valence-corrected chi connectivity index (χ0v) is 8.96. The van der Waals surface area contributed by atoms with Gasteiger partial charge in [-0.15, -0.1) is 0 Å². The minimum Gasteiger partial charge on any atom is -0.394 e. The van der Waals surface area contributed by atoms with Gasteiger partial charge in [-0.3, -0.25) is 4.79 Å². The number of thiol groups is 1. The maximum atomic E-state index is 11.4. The Balaban J connectivity index is 2.28. The number of aliphatic hydroxyl groups is 2. The molecule has 0 aromatic rings. The normalized spacial score (nSPS) is 18.3. The lowest BCUT2D eigenvalue weighted by molar-refractivity contribution is -0.123. The van der Waals surface area contributed by atoms with Crippen molar-refractivity contribution < 1.29 is 15.0 Å². The lowest BCUT2D eigenvalue weighted by Crippen LogP contribution is -2.41. The summed E-state index contributed by atoms with van der Waals surface area (Å²) in [5.41, 5.74) is 0.0860. The Morgan fingerprint density at radius 3 is 2.36 bits per heavy atom. The second-order valence-corrected chi connectivity index (χ2v) is 4.28. The fourth-order valence-corrected chi connectivity index (χ4v) is 1.76. The summed E-state index contributed by atoms with van der Waals surface area (Å²) in [5.74, 6) is 0.619. The molecule has 1 fully saturated rings. The summed E-state index contributed by atoms with van der Waals surface area (Å²) in [6.07, 6.45) is 2.55. The van der Waals surface area contributed by atoms with Gasteiger partial charge in [-0.1, -0.05) is 0 Å². The van der Waals surface area contributed by atoms with Crippen molar-refractivity contribution in [3.05, 3.63) is 0 Å². The average molecular weight is 219 g/mol. The summed E-state index contributed by atoms with van der Waals surface area (Å²) in [7, 11) is 0. The number of carbonyl (C=O) groups excluding carboxylic acids is 1. The van der Waals surface area contributed by atoms with E-state index in [1.807, 2.05) is 0 Å². The van der Waals surface area contributed by atoms with Crippen LogP contribution in [0.25, 0.3) is 0 Å². The molecule has 0 bridgehead atoms. The van der Waals surface area contributed by atoms with Crippen molar-refractivity contribution in [2.45, 2.75) is 25.3 Å². The third-order valence-electron chi connectivity index (χ3n) is 2.63. The van der Waals surface area contributed by atoms with Crippen molar-refractivity contribution in [2.75, 3.05) is 19.0 Å². The zero-order chi connectivity index (χ0) is 10.6. The Bertz CT molecular complexity index is 202. The molecule has 0 aromatic carbocycles. The maximum absolute atomic E-state index is 11.4. The minimum absolute atomic E-state index is 0.0860. The van der Waals surface area contributed by atoms with Crippen LogP contribution in [0.15, 0.2) is 0 Å². The lowest BCUT2D eigenvalue weighted by atomic mass is 10.0. The summed E-state index contributed by atoms with van der Waals surface area (Å²) < 4.78 is 0. The molecule has 3 N–H and O–H groups in total. The number of hydrogen-bond acceptors (Lipinski definition) is 4. The molecule has 1 rings (SSSR count). The molecular formula is C9H17NO3S. The minimum atomic E-state index is -0.529. The predicted molar refractivity (Wildman–Crippen MR) is 56.2 cm³/mol. The molecule has 1 aliphatic rings. The van der Waals surface area contributed by atoms with Gasteiger partial charge in [-0.25, -0.2) is 0 Å². The Labute approximate surface area is 89.1 Å². The van der Waals surface area contributed by atoms with E-state index in [0.717, 1.165) is 18.6 Å². The van der Waals surface area contributed by atoms with E-state index < -0.39 is 6.04 Å². The molecule has 0 spiro atoms. The molecule has 5 heteroatoms. The molecule has 1 aliphatic carbocycles. The van der Waals surface area contributed by atoms with Gasteiger partial charge in [0.15, 0.2) is 0 Å². The van der Waals surface area contributed by atoms with Crippen LogP contribution in [-0.2, 0) is 4.79 Å². The lowest BCUT2D eigenvalue weighted by Gasteiger charge is -2.16. The predicted octanol–water partition coefficient (Wildman–Crippen LogP) is -0.444. The summed E-state index contributed by atoms with van der Waals surface area (Å²) in [4.78, 5) is 11.4. The molecule has 0 radical (unpaired) electrons. The van der Waals surface area contributed by atoms with Crippen LogP contribution in [-0.4, -0.2) is 41.1 Å². The molecule has 4 nitrogen and oxygen atoms in total. The van der Waals surface area contributed by atoms with Gasteiger partial charge < -0.3 is 15.5 Å². The van der Waals surface area contributed by atoms with E-state index in [2.05, 4.69) is 17.9 Å². The van der Waals surface area contributed by atoms with Gasteiger partial charge >= 0.3 is 0 Å². The summed E-state index contributed by atoms with van der Waals surface area (Å²) in [6, 6.07) is -0.529. The van der Waals surface area contributed by atoms with E-state index >= 15 is 0 Å². The van der Waals surface area contributed by atoms with Crippen LogP contribution in [0, 0.1) is 5.41 Å². The molecule has 0 aliphatic heterocycles. The van der Waals surface area contributed by atoms with E-state index in [1.165, 1.54) is 0 Å². The fraction of sp³-hybridized carbons (Fsp3) is 0.889.